The van der Waals surface area contributed by atoms with Crippen molar-refractivity contribution in [1.82, 2.24) is 20.1 Å². The number of benzene rings is 1. The van der Waals surface area contributed by atoms with E-state index in [1.54, 1.807) is 0 Å². The number of piperidine rings is 1. The number of H-pyrrole nitrogens is 1. The van der Waals surface area contributed by atoms with Gasteiger partial charge in [0.1, 0.15) is 12.3 Å². The maximum Gasteiger partial charge on any atom is 0.267 e. The quantitative estimate of drug-likeness (QED) is 0.715. The van der Waals surface area contributed by atoms with E-state index in [4.69, 9.17) is 4.74 Å². The smallest absolute Gasteiger partial charge is 0.267 e. The normalized spacial score (nSPS) is 23.4. The Labute approximate surface area is 183 Å². The topological polar surface area (TPSA) is 77.7 Å². The molecule has 7 heteroatoms. The number of fused-ring (bicyclic) bond motifs is 1. The van der Waals surface area contributed by atoms with E-state index in [0.29, 0.717) is 24.7 Å². The average molecular weight is 425 g/mol. The lowest BCUT2D eigenvalue weighted by molar-refractivity contribution is -0.149. The van der Waals surface area contributed by atoms with Crippen LogP contribution >= 0.6 is 0 Å². The van der Waals surface area contributed by atoms with Crippen LogP contribution in [0.2, 0.25) is 0 Å². The van der Waals surface area contributed by atoms with E-state index >= 15 is 0 Å². The van der Waals surface area contributed by atoms with Crippen molar-refractivity contribution in [2.24, 2.45) is 11.8 Å². The Morgan fingerprint density at radius 1 is 1.10 bits per heavy atom. The molecule has 31 heavy (non-hydrogen) atoms. The first-order chi connectivity index (χ1) is 15.1. The number of aromatic nitrogens is 1. The van der Waals surface area contributed by atoms with Gasteiger partial charge in [-0.1, -0.05) is 18.2 Å². The molecule has 1 atom stereocenters. The van der Waals surface area contributed by atoms with Gasteiger partial charge in [-0.05, 0) is 62.7 Å². The molecule has 1 unspecified atom stereocenters. The Balaban J connectivity index is 1.09. The van der Waals surface area contributed by atoms with E-state index in [-0.39, 0.29) is 24.5 Å². The minimum absolute atomic E-state index is 0.0682. The highest BCUT2D eigenvalue weighted by Crippen LogP contribution is 2.31. The van der Waals surface area contributed by atoms with Gasteiger partial charge in [-0.15, -0.1) is 0 Å². The van der Waals surface area contributed by atoms with Gasteiger partial charge < -0.3 is 24.8 Å². The van der Waals surface area contributed by atoms with Gasteiger partial charge in [-0.25, -0.2) is 0 Å². The second-order valence-corrected chi connectivity index (χ2v) is 9.40. The van der Waals surface area contributed by atoms with Gasteiger partial charge in [-0.3, -0.25) is 9.59 Å². The van der Waals surface area contributed by atoms with E-state index in [2.05, 4.69) is 15.2 Å². The highest BCUT2D eigenvalue weighted by molar-refractivity contribution is 5.98. The molecule has 1 saturated carbocycles. The fourth-order valence-corrected chi connectivity index (χ4v) is 4.81. The molecule has 5 rings (SSSR count). The van der Waals surface area contributed by atoms with Crippen molar-refractivity contribution in [3.8, 4) is 0 Å². The zero-order chi connectivity index (χ0) is 21.2. The first kappa shape index (κ1) is 20.5. The first-order valence-corrected chi connectivity index (χ1v) is 11.6. The van der Waals surface area contributed by atoms with Crippen LogP contribution in [-0.4, -0.2) is 78.6 Å². The van der Waals surface area contributed by atoms with E-state index in [0.717, 1.165) is 36.5 Å². The highest BCUT2D eigenvalue weighted by atomic mass is 16.5. The molecule has 2 N–H and O–H groups in total. The van der Waals surface area contributed by atoms with E-state index in [1.807, 2.05) is 35.2 Å². The lowest BCUT2D eigenvalue weighted by Crippen LogP contribution is -2.52. The fraction of sp³-hybridized carbons (Fsp3) is 0.583. The standard InChI is InChI=1S/C24H32N4O3/c29-23-16-31-20(12-25-24(30)22-11-19-3-1-2-4-21(19)26-22)15-28(23)14-18-7-9-27(10-8-18)13-17-5-6-17/h1-4,11,17-18,20,26H,5-10,12-16H2,(H,25,30). The summed E-state index contributed by atoms with van der Waals surface area (Å²) < 4.78 is 5.70. The third-order valence-electron chi connectivity index (χ3n) is 6.88. The molecular weight excluding hydrogens is 392 g/mol. The summed E-state index contributed by atoms with van der Waals surface area (Å²) in [5.41, 5.74) is 1.49. The van der Waals surface area contributed by atoms with Crippen molar-refractivity contribution in [2.75, 3.05) is 45.9 Å². The summed E-state index contributed by atoms with van der Waals surface area (Å²) >= 11 is 0. The maximum atomic E-state index is 12.5. The van der Waals surface area contributed by atoms with Crippen LogP contribution < -0.4 is 5.32 Å². The van der Waals surface area contributed by atoms with Crippen LogP contribution in [0.15, 0.2) is 30.3 Å². The largest absolute Gasteiger partial charge is 0.365 e. The number of nitrogens with one attached hydrogen (secondary N) is 2. The van der Waals surface area contributed by atoms with Gasteiger partial charge in [0.15, 0.2) is 0 Å². The van der Waals surface area contributed by atoms with Gasteiger partial charge in [0.2, 0.25) is 5.91 Å². The lowest BCUT2D eigenvalue weighted by atomic mass is 9.95. The molecule has 0 spiro atoms. The second-order valence-electron chi connectivity index (χ2n) is 9.40. The SMILES string of the molecule is O=C(NCC1CN(CC2CCN(CC3CC3)CC2)C(=O)CO1)c1cc2ccccc2[nH]1. The minimum Gasteiger partial charge on any atom is -0.365 e. The third-order valence-corrected chi connectivity index (χ3v) is 6.88. The van der Waals surface area contributed by atoms with Crippen LogP contribution in [0.1, 0.15) is 36.2 Å². The summed E-state index contributed by atoms with van der Waals surface area (Å²) in [5.74, 6) is 1.43. The molecule has 7 nitrogen and oxygen atoms in total. The van der Waals surface area contributed by atoms with Crippen molar-refractivity contribution < 1.29 is 14.3 Å². The molecule has 1 aromatic carbocycles. The summed E-state index contributed by atoms with van der Waals surface area (Å²) in [7, 11) is 0. The third kappa shape index (κ3) is 5.10. The Morgan fingerprint density at radius 3 is 2.65 bits per heavy atom. The number of para-hydroxylation sites is 1. The van der Waals surface area contributed by atoms with Gasteiger partial charge in [0.25, 0.3) is 5.91 Å². The van der Waals surface area contributed by atoms with Crippen molar-refractivity contribution >= 4 is 22.7 Å². The van der Waals surface area contributed by atoms with Crippen LogP contribution in [0.3, 0.4) is 0 Å². The summed E-state index contributed by atoms with van der Waals surface area (Å²) in [5, 5.41) is 3.97. The Hall–Kier alpha value is -2.38. The van der Waals surface area contributed by atoms with Crippen molar-refractivity contribution in [1.29, 1.82) is 0 Å². The summed E-state index contributed by atoms with van der Waals surface area (Å²) in [6, 6.07) is 9.69. The molecular formula is C24H32N4O3. The number of nitrogens with zero attached hydrogens (tertiary/aromatic N) is 2. The van der Waals surface area contributed by atoms with Crippen LogP contribution in [0, 0.1) is 11.8 Å². The number of rotatable bonds is 7. The second kappa shape index (κ2) is 9.01. The number of amides is 2. The van der Waals surface area contributed by atoms with Crippen LogP contribution in [0.25, 0.3) is 10.9 Å². The Bertz CT molecular complexity index is 897. The molecule has 3 fully saturated rings. The molecule has 3 aliphatic rings. The van der Waals surface area contributed by atoms with Crippen molar-refractivity contribution in [3.63, 3.8) is 0 Å². The van der Waals surface area contributed by atoms with Crippen LogP contribution in [-0.2, 0) is 9.53 Å². The number of likely N-dealkylation sites (tertiary alicyclic amines) is 1. The Morgan fingerprint density at radius 2 is 1.87 bits per heavy atom. The zero-order valence-electron chi connectivity index (χ0n) is 18.0. The predicted molar refractivity (Wildman–Crippen MR) is 119 cm³/mol. The molecule has 2 aromatic rings. The number of aromatic amines is 1. The molecule has 2 saturated heterocycles. The average Bonchev–Trinajstić information content (AvgIpc) is 3.49. The summed E-state index contributed by atoms with van der Waals surface area (Å²) in [6.45, 7) is 5.44. The molecule has 2 amide bonds. The summed E-state index contributed by atoms with van der Waals surface area (Å²) in [4.78, 5) is 32.6. The monoisotopic (exact) mass is 424 g/mol. The lowest BCUT2D eigenvalue weighted by Gasteiger charge is -2.38. The number of morpholine rings is 1. The molecule has 1 aliphatic carbocycles. The molecule has 166 valence electrons. The van der Waals surface area contributed by atoms with Gasteiger partial charge in [0.05, 0.1) is 6.10 Å². The van der Waals surface area contributed by atoms with E-state index in [9.17, 15) is 9.59 Å². The van der Waals surface area contributed by atoms with Crippen molar-refractivity contribution in [2.45, 2.75) is 31.8 Å². The van der Waals surface area contributed by atoms with Crippen molar-refractivity contribution in [3.05, 3.63) is 36.0 Å². The van der Waals surface area contributed by atoms with Gasteiger partial charge in [0, 0.05) is 37.1 Å². The van der Waals surface area contributed by atoms with Crippen LogP contribution in [0.5, 0.6) is 0 Å². The predicted octanol–water partition coefficient (Wildman–Crippen LogP) is 2.25. The number of hydrogen-bond donors (Lipinski definition) is 2. The van der Waals surface area contributed by atoms with Gasteiger partial charge in [-0.2, -0.15) is 0 Å². The minimum atomic E-state index is -0.166. The maximum absolute atomic E-state index is 12.5. The van der Waals surface area contributed by atoms with Gasteiger partial charge >= 0.3 is 0 Å². The molecule has 2 aliphatic heterocycles. The molecule has 0 bridgehead atoms. The van der Waals surface area contributed by atoms with Crippen LogP contribution in [0.4, 0.5) is 0 Å². The number of hydrogen-bond acceptors (Lipinski definition) is 4. The molecule has 1 aromatic heterocycles. The van der Waals surface area contributed by atoms with E-state index < -0.39 is 0 Å². The summed E-state index contributed by atoms with van der Waals surface area (Å²) in [6.07, 6.45) is 4.97. The Kier molecular flexibility index (Phi) is 5.96. The molecule has 0 radical (unpaired) electrons. The highest BCUT2D eigenvalue weighted by Gasteiger charge is 2.31. The zero-order valence-corrected chi connectivity index (χ0v) is 18.0. The first-order valence-electron chi connectivity index (χ1n) is 11.6. The number of ether oxygens (including phenoxy) is 1. The number of carbonyl (C=O) groups is 2. The number of carbonyl (C=O) groups excluding carboxylic acids is 2. The fourth-order valence-electron chi connectivity index (χ4n) is 4.81. The van der Waals surface area contributed by atoms with E-state index in [1.165, 1.54) is 32.2 Å². The molecule has 3 heterocycles.